The standard InChI is InChI=1S/C12H17N5O2S/c1-2-14-12(18)9-7-19-4-3-17(9)10-6-15-8(5-16-10)11(13)20/h5-6,9H,2-4,7H2,1H3,(H2,13,20)(H,14,18). The summed E-state index contributed by atoms with van der Waals surface area (Å²) in [5.74, 6) is 0.539. The molecule has 1 aromatic heterocycles. The van der Waals surface area contributed by atoms with Crippen LogP contribution in [0.4, 0.5) is 5.82 Å². The number of amides is 1. The lowest BCUT2D eigenvalue weighted by Crippen LogP contribution is -2.54. The van der Waals surface area contributed by atoms with Crippen LogP contribution in [-0.2, 0) is 9.53 Å². The summed E-state index contributed by atoms with van der Waals surface area (Å²) in [6.07, 6.45) is 3.09. The zero-order valence-corrected chi connectivity index (χ0v) is 12.0. The molecule has 8 heteroatoms. The first kappa shape index (κ1) is 14.6. The third kappa shape index (κ3) is 3.20. The molecule has 0 radical (unpaired) electrons. The van der Waals surface area contributed by atoms with E-state index >= 15 is 0 Å². The maximum absolute atomic E-state index is 12.0. The van der Waals surface area contributed by atoms with Gasteiger partial charge in [0, 0.05) is 13.1 Å². The minimum absolute atomic E-state index is 0.0765. The van der Waals surface area contributed by atoms with Gasteiger partial charge in [-0.15, -0.1) is 0 Å². The minimum atomic E-state index is -0.395. The topological polar surface area (TPSA) is 93.4 Å². The smallest absolute Gasteiger partial charge is 0.245 e. The Morgan fingerprint density at radius 2 is 2.40 bits per heavy atom. The summed E-state index contributed by atoms with van der Waals surface area (Å²) in [7, 11) is 0. The van der Waals surface area contributed by atoms with Gasteiger partial charge in [0.05, 0.1) is 25.6 Å². The molecule has 0 aromatic carbocycles. The molecule has 1 aliphatic rings. The summed E-state index contributed by atoms with van der Waals surface area (Å²) in [5, 5.41) is 2.80. The number of thiocarbonyl (C=S) groups is 1. The van der Waals surface area contributed by atoms with Crippen LogP contribution < -0.4 is 16.0 Å². The van der Waals surface area contributed by atoms with Gasteiger partial charge in [0.15, 0.2) is 0 Å². The van der Waals surface area contributed by atoms with Crippen molar-refractivity contribution < 1.29 is 9.53 Å². The van der Waals surface area contributed by atoms with Crippen LogP contribution >= 0.6 is 12.2 Å². The van der Waals surface area contributed by atoms with Crippen molar-refractivity contribution in [1.82, 2.24) is 15.3 Å². The molecule has 1 unspecified atom stereocenters. The van der Waals surface area contributed by atoms with Crippen LogP contribution in [0.15, 0.2) is 12.4 Å². The molecular formula is C12H17N5O2S. The van der Waals surface area contributed by atoms with Crippen LogP contribution in [0.5, 0.6) is 0 Å². The van der Waals surface area contributed by atoms with E-state index in [0.717, 1.165) is 0 Å². The van der Waals surface area contributed by atoms with E-state index in [4.69, 9.17) is 22.7 Å². The average Bonchev–Trinajstić information content (AvgIpc) is 2.47. The lowest BCUT2D eigenvalue weighted by Gasteiger charge is -2.35. The van der Waals surface area contributed by atoms with Gasteiger partial charge in [-0.25, -0.2) is 9.97 Å². The molecule has 0 aliphatic carbocycles. The number of nitrogens with zero attached hydrogens (tertiary/aromatic N) is 3. The summed E-state index contributed by atoms with van der Waals surface area (Å²) in [6, 6.07) is -0.395. The fourth-order valence-electron chi connectivity index (χ4n) is 1.98. The number of aromatic nitrogens is 2. The molecule has 2 rings (SSSR count). The monoisotopic (exact) mass is 295 g/mol. The second kappa shape index (κ2) is 6.58. The van der Waals surface area contributed by atoms with Crippen LogP contribution in [0.2, 0.25) is 0 Å². The highest BCUT2D eigenvalue weighted by Gasteiger charge is 2.30. The van der Waals surface area contributed by atoms with Gasteiger partial charge in [0.2, 0.25) is 5.91 Å². The number of hydrogen-bond acceptors (Lipinski definition) is 6. The molecule has 3 N–H and O–H groups in total. The molecule has 1 aliphatic heterocycles. The van der Waals surface area contributed by atoms with Crippen LogP contribution in [0.3, 0.4) is 0 Å². The van der Waals surface area contributed by atoms with Gasteiger partial charge in [0.25, 0.3) is 0 Å². The number of carbonyl (C=O) groups is 1. The maximum atomic E-state index is 12.0. The van der Waals surface area contributed by atoms with E-state index in [1.54, 1.807) is 6.20 Å². The Hall–Kier alpha value is -1.80. The average molecular weight is 295 g/mol. The molecule has 0 bridgehead atoms. The number of nitrogens with one attached hydrogen (secondary N) is 1. The zero-order valence-electron chi connectivity index (χ0n) is 11.2. The number of hydrogen-bond donors (Lipinski definition) is 2. The largest absolute Gasteiger partial charge is 0.388 e. The highest BCUT2D eigenvalue weighted by Crippen LogP contribution is 2.16. The van der Waals surface area contributed by atoms with Crippen molar-refractivity contribution >= 4 is 28.9 Å². The van der Waals surface area contributed by atoms with Crippen LogP contribution in [0.1, 0.15) is 12.6 Å². The molecule has 1 atom stereocenters. The summed E-state index contributed by atoms with van der Waals surface area (Å²) in [6.45, 7) is 3.93. The summed E-state index contributed by atoms with van der Waals surface area (Å²) in [5.41, 5.74) is 5.95. The quantitative estimate of drug-likeness (QED) is 0.720. The molecule has 1 fully saturated rings. The number of nitrogens with two attached hydrogens (primary N) is 1. The first-order valence-corrected chi connectivity index (χ1v) is 6.78. The summed E-state index contributed by atoms with van der Waals surface area (Å²) < 4.78 is 5.37. The second-order valence-corrected chi connectivity index (χ2v) is 4.74. The van der Waals surface area contributed by atoms with Gasteiger partial charge in [-0.3, -0.25) is 4.79 Å². The van der Waals surface area contributed by atoms with Gasteiger partial charge in [-0.1, -0.05) is 12.2 Å². The van der Waals surface area contributed by atoms with E-state index in [2.05, 4.69) is 15.3 Å². The van der Waals surface area contributed by atoms with E-state index in [-0.39, 0.29) is 10.9 Å². The van der Waals surface area contributed by atoms with E-state index < -0.39 is 6.04 Å². The number of morpholine rings is 1. The van der Waals surface area contributed by atoms with Crippen molar-refractivity contribution in [2.45, 2.75) is 13.0 Å². The molecule has 108 valence electrons. The molecule has 2 heterocycles. The Labute approximate surface area is 122 Å². The Morgan fingerprint density at radius 1 is 1.60 bits per heavy atom. The molecule has 20 heavy (non-hydrogen) atoms. The SMILES string of the molecule is CCNC(=O)C1COCCN1c1cnc(C(N)=S)cn1. The Bertz CT molecular complexity index is 493. The highest BCUT2D eigenvalue weighted by atomic mass is 32.1. The fraction of sp³-hybridized carbons (Fsp3) is 0.500. The first-order chi connectivity index (χ1) is 9.63. The number of rotatable bonds is 4. The number of likely N-dealkylation sites (N-methyl/N-ethyl adjacent to an activating group) is 1. The van der Waals surface area contributed by atoms with Gasteiger partial charge in [0.1, 0.15) is 22.5 Å². The van der Waals surface area contributed by atoms with Gasteiger partial charge in [-0.2, -0.15) is 0 Å². The minimum Gasteiger partial charge on any atom is -0.388 e. The lowest BCUT2D eigenvalue weighted by atomic mass is 10.2. The van der Waals surface area contributed by atoms with Crippen LogP contribution in [0, 0.1) is 0 Å². The molecule has 0 spiro atoms. The highest BCUT2D eigenvalue weighted by molar-refractivity contribution is 7.80. The third-order valence-corrected chi connectivity index (χ3v) is 3.18. The van der Waals surface area contributed by atoms with Crippen molar-refractivity contribution in [3.8, 4) is 0 Å². The van der Waals surface area contributed by atoms with Gasteiger partial charge >= 0.3 is 0 Å². The summed E-state index contributed by atoms with van der Waals surface area (Å²) in [4.78, 5) is 22.5. The van der Waals surface area contributed by atoms with E-state index in [1.807, 2.05) is 11.8 Å². The Morgan fingerprint density at radius 3 is 3.00 bits per heavy atom. The van der Waals surface area contributed by atoms with Crippen molar-refractivity contribution in [1.29, 1.82) is 0 Å². The van der Waals surface area contributed by atoms with Gasteiger partial charge in [-0.05, 0) is 6.92 Å². The second-order valence-electron chi connectivity index (χ2n) is 4.30. The Balaban J connectivity index is 2.18. The predicted octanol–water partition coefficient (Wildman–Crippen LogP) is -0.548. The first-order valence-electron chi connectivity index (χ1n) is 6.37. The Kier molecular flexibility index (Phi) is 4.80. The molecule has 7 nitrogen and oxygen atoms in total. The van der Waals surface area contributed by atoms with Crippen molar-refractivity contribution in [2.75, 3.05) is 31.2 Å². The van der Waals surface area contributed by atoms with E-state index in [0.29, 0.717) is 37.8 Å². The van der Waals surface area contributed by atoms with E-state index in [1.165, 1.54) is 6.20 Å². The molecule has 1 aromatic rings. The number of anilines is 1. The molecule has 0 saturated carbocycles. The van der Waals surface area contributed by atoms with Crippen molar-refractivity contribution in [2.24, 2.45) is 5.73 Å². The van der Waals surface area contributed by atoms with E-state index in [9.17, 15) is 4.79 Å². The van der Waals surface area contributed by atoms with Crippen LogP contribution in [-0.4, -0.2) is 53.2 Å². The van der Waals surface area contributed by atoms with Crippen molar-refractivity contribution in [3.63, 3.8) is 0 Å². The van der Waals surface area contributed by atoms with Gasteiger partial charge < -0.3 is 20.7 Å². The molecular weight excluding hydrogens is 278 g/mol. The zero-order chi connectivity index (χ0) is 14.5. The third-order valence-electron chi connectivity index (χ3n) is 2.97. The van der Waals surface area contributed by atoms with Crippen LogP contribution in [0.25, 0.3) is 0 Å². The maximum Gasteiger partial charge on any atom is 0.245 e. The molecule has 1 saturated heterocycles. The fourth-order valence-corrected chi connectivity index (χ4v) is 2.09. The number of carbonyl (C=O) groups excluding carboxylic acids is 1. The van der Waals surface area contributed by atoms with Crippen molar-refractivity contribution in [3.05, 3.63) is 18.1 Å². The number of ether oxygens (including phenoxy) is 1. The molecule has 1 amide bonds. The predicted molar refractivity (Wildman–Crippen MR) is 78.6 cm³/mol. The normalized spacial score (nSPS) is 18.6. The lowest BCUT2D eigenvalue weighted by molar-refractivity contribution is -0.124. The summed E-state index contributed by atoms with van der Waals surface area (Å²) >= 11 is 4.84.